The zero-order chi connectivity index (χ0) is 31.6. The van der Waals surface area contributed by atoms with Crippen LogP contribution in [0.2, 0.25) is 0 Å². The predicted octanol–water partition coefficient (Wildman–Crippen LogP) is 3.74. The number of fused-ring (bicyclic) bond motifs is 1. The third kappa shape index (κ3) is 8.04. The van der Waals surface area contributed by atoms with Gasteiger partial charge in [0.05, 0.1) is 37.5 Å². The third-order valence-electron chi connectivity index (χ3n) is 7.67. The number of carbonyl (C=O) groups is 3. The number of amides is 3. The first kappa shape index (κ1) is 31.6. The fourth-order valence-electron chi connectivity index (χ4n) is 5.39. The van der Waals surface area contributed by atoms with Crippen LogP contribution in [0.15, 0.2) is 72.8 Å². The molecule has 12 nitrogen and oxygen atoms in total. The number of imidazole rings is 1. The summed E-state index contributed by atoms with van der Waals surface area (Å²) >= 11 is 0. The maximum absolute atomic E-state index is 13.3. The van der Waals surface area contributed by atoms with E-state index in [1.165, 1.54) is 4.90 Å². The molecule has 1 aliphatic heterocycles. The molecule has 0 atom stereocenters. The summed E-state index contributed by atoms with van der Waals surface area (Å²) in [7, 11) is 0. The van der Waals surface area contributed by atoms with E-state index in [-0.39, 0.29) is 17.9 Å². The van der Waals surface area contributed by atoms with Crippen LogP contribution < -0.4 is 16.0 Å². The molecule has 45 heavy (non-hydrogen) atoms. The largest absolute Gasteiger partial charge is 0.465 e. The smallest absolute Gasteiger partial charge is 0.412 e. The molecule has 1 fully saturated rings. The molecule has 5 rings (SSSR count). The number of nitrogens with one attached hydrogen (secondary N) is 2. The second kappa shape index (κ2) is 15.3. The Labute approximate surface area is 261 Å². The Kier molecular flexibility index (Phi) is 10.7. The first-order chi connectivity index (χ1) is 21.9. The molecular weight excluding hydrogens is 576 g/mol. The molecule has 0 aliphatic carbocycles. The van der Waals surface area contributed by atoms with Crippen LogP contribution in [0.3, 0.4) is 0 Å². The topological polar surface area (TPSA) is 163 Å². The number of benzene rings is 3. The molecule has 3 aromatic carbocycles. The van der Waals surface area contributed by atoms with E-state index in [9.17, 15) is 19.5 Å². The van der Waals surface area contributed by atoms with Crippen LogP contribution in [-0.4, -0.2) is 96.5 Å². The number of likely N-dealkylation sites (tertiary alicyclic amines) is 1. The normalized spacial score (nSPS) is 13.6. The number of aromatic amines is 1. The number of rotatable bonds is 13. The summed E-state index contributed by atoms with van der Waals surface area (Å²) in [5.74, 6) is 0.315. The van der Waals surface area contributed by atoms with Crippen molar-refractivity contribution in [2.75, 3.05) is 57.5 Å². The van der Waals surface area contributed by atoms with E-state index >= 15 is 0 Å². The SMILES string of the molecule is NCCOCCOCCNC(=O)c1cccc(N(C(=O)O)C2CCN(C(=O)c3ccc(-c4nc5ccccc5[nH]4)cc3)CC2)c1. The van der Waals surface area contributed by atoms with Gasteiger partial charge < -0.3 is 35.5 Å². The van der Waals surface area contributed by atoms with Crippen LogP contribution in [0.1, 0.15) is 33.6 Å². The van der Waals surface area contributed by atoms with Crippen molar-refractivity contribution >= 4 is 34.6 Å². The number of piperidine rings is 1. The van der Waals surface area contributed by atoms with Gasteiger partial charge in [0.2, 0.25) is 0 Å². The first-order valence-electron chi connectivity index (χ1n) is 15.0. The van der Waals surface area contributed by atoms with Crippen molar-refractivity contribution in [1.29, 1.82) is 0 Å². The van der Waals surface area contributed by atoms with Gasteiger partial charge in [-0.25, -0.2) is 9.78 Å². The van der Waals surface area contributed by atoms with Crippen LogP contribution in [0.25, 0.3) is 22.4 Å². The van der Waals surface area contributed by atoms with Gasteiger partial charge in [-0.3, -0.25) is 14.5 Å². The number of carboxylic acid groups (broad SMARTS) is 1. The number of anilines is 1. The number of nitrogens with zero attached hydrogens (tertiary/aromatic N) is 3. The summed E-state index contributed by atoms with van der Waals surface area (Å²) in [4.78, 5) is 49.3. The molecule has 5 N–H and O–H groups in total. The number of nitrogens with two attached hydrogens (primary N) is 1. The molecule has 0 spiro atoms. The van der Waals surface area contributed by atoms with Gasteiger partial charge in [-0.2, -0.15) is 0 Å². The molecule has 0 saturated carbocycles. The van der Waals surface area contributed by atoms with Gasteiger partial charge >= 0.3 is 6.09 Å². The summed E-state index contributed by atoms with van der Waals surface area (Å²) in [6.45, 7) is 3.21. The Balaban J connectivity index is 1.14. The summed E-state index contributed by atoms with van der Waals surface area (Å²) in [5.41, 5.74) is 9.40. The van der Waals surface area contributed by atoms with Crippen molar-refractivity contribution in [3.8, 4) is 11.4 Å². The number of ether oxygens (including phenoxy) is 2. The Morgan fingerprint density at radius 3 is 2.38 bits per heavy atom. The molecule has 0 radical (unpaired) electrons. The van der Waals surface area contributed by atoms with E-state index in [0.717, 1.165) is 22.4 Å². The van der Waals surface area contributed by atoms with E-state index in [2.05, 4.69) is 15.3 Å². The summed E-state index contributed by atoms with van der Waals surface area (Å²) < 4.78 is 10.7. The van der Waals surface area contributed by atoms with Crippen molar-refractivity contribution < 1.29 is 29.0 Å². The van der Waals surface area contributed by atoms with Crippen molar-refractivity contribution in [2.45, 2.75) is 18.9 Å². The second-order valence-corrected chi connectivity index (χ2v) is 10.7. The minimum Gasteiger partial charge on any atom is -0.465 e. The summed E-state index contributed by atoms with van der Waals surface area (Å²) in [6, 6.07) is 21.4. The molecular formula is C33H38N6O6. The predicted molar refractivity (Wildman–Crippen MR) is 170 cm³/mol. The van der Waals surface area contributed by atoms with Crippen LogP contribution in [0, 0.1) is 0 Å². The highest BCUT2D eigenvalue weighted by atomic mass is 16.5. The number of carbonyl (C=O) groups excluding carboxylic acids is 2. The van der Waals surface area contributed by atoms with Crippen molar-refractivity contribution in [2.24, 2.45) is 5.73 Å². The third-order valence-corrected chi connectivity index (χ3v) is 7.67. The first-order valence-corrected chi connectivity index (χ1v) is 15.0. The lowest BCUT2D eigenvalue weighted by Gasteiger charge is -2.37. The highest BCUT2D eigenvalue weighted by Crippen LogP contribution is 2.27. The Hall–Kier alpha value is -4.78. The Bertz CT molecular complexity index is 1570. The van der Waals surface area contributed by atoms with Crippen LogP contribution in [0.5, 0.6) is 0 Å². The number of hydrogen-bond donors (Lipinski definition) is 4. The van der Waals surface area contributed by atoms with Crippen LogP contribution in [-0.2, 0) is 9.47 Å². The fraction of sp³-hybridized carbons (Fsp3) is 0.333. The maximum Gasteiger partial charge on any atom is 0.412 e. The highest BCUT2D eigenvalue weighted by molar-refractivity contribution is 5.97. The average Bonchev–Trinajstić information content (AvgIpc) is 3.51. The monoisotopic (exact) mass is 614 g/mol. The lowest BCUT2D eigenvalue weighted by Crippen LogP contribution is -2.48. The number of H-pyrrole nitrogens is 1. The van der Waals surface area contributed by atoms with Crippen molar-refractivity contribution in [3.63, 3.8) is 0 Å². The van der Waals surface area contributed by atoms with Crippen LogP contribution >= 0.6 is 0 Å². The van der Waals surface area contributed by atoms with Gasteiger partial charge in [0, 0.05) is 54.6 Å². The molecule has 1 aromatic heterocycles. The molecule has 236 valence electrons. The van der Waals surface area contributed by atoms with Crippen LogP contribution in [0.4, 0.5) is 10.5 Å². The van der Waals surface area contributed by atoms with Crippen molar-refractivity contribution in [1.82, 2.24) is 20.2 Å². The zero-order valence-electron chi connectivity index (χ0n) is 25.0. The number of hydrogen-bond acceptors (Lipinski definition) is 7. The average molecular weight is 615 g/mol. The van der Waals surface area contributed by atoms with Gasteiger partial charge in [-0.1, -0.05) is 30.3 Å². The molecule has 2 heterocycles. The number of aromatic nitrogens is 2. The lowest BCUT2D eigenvalue weighted by atomic mass is 10.0. The van der Waals surface area contributed by atoms with E-state index in [1.54, 1.807) is 41.3 Å². The van der Waals surface area contributed by atoms with E-state index in [0.29, 0.717) is 82.3 Å². The van der Waals surface area contributed by atoms with Gasteiger partial charge in [-0.15, -0.1) is 0 Å². The molecule has 0 unspecified atom stereocenters. The minimum absolute atomic E-state index is 0.0998. The summed E-state index contributed by atoms with van der Waals surface area (Å²) in [5, 5.41) is 12.9. The second-order valence-electron chi connectivity index (χ2n) is 10.7. The Morgan fingerprint density at radius 1 is 0.933 bits per heavy atom. The van der Waals surface area contributed by atoms with E-state index in [1.807, 2.05) is 36.4 Å². The molecule has 1 aliphatic rings. The number of para-hydroxylation sites is 2. The van der Waals surface area contributed by atoms with E-state index in [4.69, 9.17) is 15.2 Å². The molecule has 1 saturated heterocycles. The quantitative estimate of drug-likeness (QED) is 0.166. The zero-order valence-corrected chi connectivity index (χ0v) is 25.0. The minimum atomic E-state index is -1.11. The fourth-order valence-corrected chi connectivity index (χ4v) is 5.39. The van der Waals surface area contributed by atoms with Gasteiger partial charge in [0.25, 0.3) is 11.8 Å². The molecule has 0 bridgehead atoms. The van der Waals surface area contributed by atoms with Gasteiger partial charge in [0.15, 0.2) is 0 Å². The van der Waals surface area contributed by atoms with E-state index < -0.39 is 6.09 Å². The van der Waals surface area contributed by atoms with Gasteiger partial charge in [0.1, 0.15) is 5.82 Å². The standard InChI is InChI=1S/C33H38N6O6/c34-14-18-44-20-21-45-19-15-35-31(40)25-4-3-5-27(22-25)39(33(42)43)26-12-16-38(17-13-26)32(41)24-10-8-23(9-11-24)30-36-28-6-1-2-7-29(28)37-30/h1-11,22,26H,12-21,34H2,(H,35,40)(H,36,37)(H,42,43). The Morgan fingerprint density at radius 2 is 1.67 bits per heavy atom. The van der Waals surface area contributed by atoms with Crippen molar-refractivity contribution in [3.05, 3.63) is 83.9 Å². The lowest BCUT2D eigenvalue weighted by molar-refractivity contribution is 0.0511. The molecule has 12 heteroatoms. The molecule has 4 aromatic rings. The maximum atomic E-state index is 13.3. The summed E-state index contributed by atoms with van der Waals surface area (Å²) in [6.07, 6.45) is -0.167. The molecule has 3 amide bonds. The van der Waals surface area contributed by atoms with Gasteiger partial charge in [-0.05, 0) is 55.3 Å². The highest BCUT2D eigenvalue weighted by Gasteiger charge is 2.31.